The Morgan fingerprint density at radius 2 is 1.85 bits per heavy atom. The molecule has 5 heteroatoms. The smallest absolute Gasteiger partial charge is 0.229 e. The van der Waals surface area contributed by atoms with Crippen molar-refractivity contribution in [3.05, 3.63) is 11.7 Å². The minimum atomic E-state index is 0.300. The highest BCUT2D eigenvalue weighted by atomic mass is 32.2. The molecule has 0 saturated heterocycles. The van der Waals surface area contributed by atoms with E-state index in [9.17, 15) is 4.79 Å². The van der Waals surface area contributed by atoms with Crippen molar-refractivity contribution in [1.82, 2.24) is 10.1 Å². The van der Waals surface area contributed by atoms with Gasteiger partial charge in [0.05, 0.1) is 5.75 Å². The van der Waals surface area contributed by atoms with Crippen LogP contribution in [0.2, 0.25) is 0 Å². The largest absolute Gasteiger partial charge is 0.339 e. The first-order valence-electron chi connectivity index (χ1n) is 7.77. The average molecular weight is 294 g/mol. The van der Waals surface area contributed by atoms with Crippen LogP contribution in [0, 0.1) is 0 Å². The van der Waals surface area contributed by atoms with Crippen LogP contribution >= 0.6 is 11.8 Å². The van der Waals surface area contributed by atoms with Crippen molar-refractivity contribution < 1.29 is 9.32 Å². The average Bonchev–Trinajstić information content (AvgIpc) is 2.96. The van der Waals surface area contributed by atoms with Gasteiger partial charge < -0.3 is 4.52 Å². The van der Waals surface area contributed by atoms with Crippen LogP contribution in [0.15, 0.2) is 4.52 Å². The van der Waals surface area contributed by atoms with Crippen LogP contribution in [0.1, 0.15) is 75.4 Å². The quantitative estimate of drug-likeness (QED) is 0.844. The van der Waals surface area contributed by atoms with Gasteiger partial charge in [-0.1, -0.05) is 24.4 Å². The molecule has 20 heavy (non-hydrogen) atoms. The lowest BCUT2D eigenvalue weighted by atomic mass is 9.88. The van der Waals surface area contributed by atoms with Gasteiger partial charge in [-0.25, -0.2) is 0 Å². The number of Topliss-reactive ketones (excluding diaryl/α,β-unsaturated/α-hetero) is 1. The summed E-state index contributed by atoms with van der Waals surface area (Å²) in [5.74, 6) is 3.10. The molecule has 1 heterocycles. The molecule has 0 spiro atoms. The second-order valence-corrected chi connectivity index (χ2v) is 7.22. The van der Waals surface area contributed by atoms with E-state index in [1.807, 2.05) is 11.8 Å². The minimum absolute atomic E-state index is 0.300. The van der Waals surface area contributed by atoms with Gasteiger partial charge in [-0.3, -0.25) is 4.79 Å². The van der Waals surface area contributed by atoms with Crippen LogP contribution in [-0.2, 0) is 10.5 Å². The molecule has 0 atom stereocenters. The molecule has 1 aromatic heterocycles. The van der Waals surface area contributed by atoms with E-state index >= 15 is 0 Å². The Morgan fingerprint density at radius 3 is 2.60 bits per heavy atom. The predicted molar refractivity (Wildman–Crippen MR) is 78.7 cm³/mol. The molecule has 0 aromatic carbocycles. The number of carbonyl (C=O) groups is 1. The number of hydrogen-bond donors (Lipinski definition) is 0. The number of rotatable bonds is 4. The van der Waals surface area contributed by atoms with E-state index < -0.39 is 0 Å². The Bertz CT molecular complexity index is 444. The summed E-state index contributed by atoms with van der Waals surface area (Å²) < 4.78 is 5.39. The monoisotopic (exact) mass is 294 g/mol. The van der Waals surface area contributed by atoms with Crippen LogP contribution in [0.25, 0.3) is 0 Å². The molecule has 0 N–H and O–H groups in total. The molecule has 2 fully saturated rings. The summed E-state index contributed by atoms with van der Waals surface area (Å²) >= 11 is 1.97. The molecular formula is C15H22N2O2S. The number of hydrogen-bond acceptors (Lipinski definition) is 5. The maximum absolute atomic E-state index is 11.3. The Hall–Kier alpha value is -0.840. The summed E-state index contributed by atoms with van der Waals surface area (Å²) in [4.78, 5) is 15.8. The zero-order valence-electron chi connectivity index (χ0n) is 11.8. The number of thioether (sulfide) groups is 1. The maximum atomic E-state index is 11.3. The van der Waals surface area contributed by atoms with E-state index in [-0.39, 0.29) is 0 Å². The van der Waals surface area contributed by atoms with Crippen molar-refractivity contribution >= 4 is 17.5 Å². The molecule has 0 unspecified atom stereocenters. The lowest BCUT2D eigenvalue weighted by molar-refractivity contribution is -0.120. The van der Waals surface area contributed by atoms with Gasteiger partial charge in [0.2, 0.25) is 5.89 Å². The first-order valence-corrected chi connectivity index (χ1v) is 8.82. The number of ketones is 1. The van der Waals surface area contributed by atoms with Crippen LogP contribution < -0.4 is 0 Å². The van der Waals surface area contributed by atoms with Gasteiger partial charge in [0.15, 0.2) is 5.82 Å². The van der Waals surface area contributed by atoms with Gasteiger partial charge in [0.1, 0.15) is 5.78 Å². The Balaban J connectivity index is 1.50. The molecule has 1 aromatic rings. The van der Waals surface area contributed by atoms with Gasteiger partial charge in [-0.05, 0) is 25.7 Å². The zero-order valence-corrected chi connectivity index (χ0v) is 12.7. The SMILES string of the molecule is O=C1CCC(c2nc(CSC3CCCCC3)no2)CC1. The highest BCUT2D eigenvalue weighted by molar-refractivity contribution is 7.99. The molecular weight excluding hydrogens is 272 g/mol. The zero-order chi connectivity index (χ0) is 13.8. The fourth-order valence-corrected chi connectivity index (χ4v) is 4.27. The first-order chi connectivity index (χ1) is 9.81. The number of aromatic nitrogens is 2. The molecule has 0 radical (unpaired) electrons. The second kappa shape index (κ2) is 6.74. The third-order valence-electron chi connectivity index (χ3n) is 4.38. The molecule has 0 bridgehead atoms. The summed E-state index contributed by atoms with van der Waals surface area (Å²) in [5, 5.41) is 4.88. The van der Waals surface area contributed by atoms with Gasteiger partial charge in [0, 0.05) is 24.0 Å². The number of nitrogens with zero attached hydrogens (tertiary/aromatic N) is 2. The maximum Gasteiger partial charge on any atom is 0.229 e. The third-order valence-corrected chi connectivity index (χ3v) is 5.74. The molecule has 0 amide bonds. The van der Waals surface area contributed by atoms with Crippen molar-refractivity contribution in [3.63, 3.8) is 0 Å². The second-order valence-electron chi connectivity index (χ2n) is 5.93. The molecule has 2 aliphatic rings. The molecule has 3 rings (SSSR count). The summed E-state index contributed by atoms with van der Waals surface area (Å²) in [6.07, 6.45) is 9.87. The van der Waals surface area contributed by atoms with Crippen molar-refractivity contribution in [1.29, 1.82) is 0 Å². The molecule has 110 valence electrons. The van der Waals surface area contributed by atoms with Gasteiger partial charge in [-0.2, -0.15) is 16.7 Å². The number of carbonyl (C=O) groups excluding carboxylic acids is 1. The lowest BCUT2D eigenvalue weighted by Gasteiger charge is -2.20. The van der Waals surface area contributed by atoms with E-state index in [4.69, 9.17) is 4.52 Å². The van der Waals surface area contributed by atoms with E-state index in [2.05, 4.69) is 10.1 Å². The highest BCUT2D eigenvalue weighted by Gasteiger charge is 2.25. The Morgan fingerprint density at radius 1 is 1.10 bits per heavy atom. The summed E-state index contributed by atoms with van der Waals surface area (Å²) in [6.45, 7) is 0. The lowest BCUT2D eigenvalue weighted by Crippen LogP contribution is -2.12. The topological polar surface area (TPSA) is 56.0 Å². The fraction of sp³-hybridized carbons (Fsp3) is 0.800. The van der Waals surface area contributed by atoms with Crippen molar-refractivity contribution in [2.24, 2.45) is 0 Å². The van der Waals surface area contributed by atoms with Crippen molar-refractivity contribution in [2.45, 2.75) is 74.7 Å². The van der Waals surface area contributed by atoms with E-state index in [1.165, 1.54) is 32.1 Å². The molecule has 4 nitrogen and oxygen atoms in total. The van der Waals surface area contributed by atoms with Crippen LogP contribution in [0.5, 0.6) is 0 Å². The summed E-state index contributed by atoms with van der Waals surface area (Å²) in [7, 11) is 0. The van der Waals surface area contributed by atoms with Crippen molar-refractivity contribution in [2.75, 3.05) is 0 Å². The van der Waals surface area contributed by atoms with Gasteiger partial charge in [0.25, 0.3) is 0 Å². The first kappa shape index (κ1) is 14.1. The van der Waals surface area contributed by atoms with Crippen LogP contribution in [0.4, 0.5) is 0 Å². The minimum Gasteiger partial charge on any atom is -0.339 e. The molecule has 0 aliphatic heterocycles. The van der Waals surface area contributed by atoms with Gasteiger partial charge in [-0.15, -0.1) is 0 Å². The molecule has 2 aliphatic carbocycles. The fourth-order valence-electron chi connectivity index (χ4n) is 3.10. The summed E-state index contributed by atoms with van der Waals surface area (Å²) in [5.41, 5.74) is 0. The Kier molecular flexibility index (Phi) is 4.76. The van der Waals surface area contributed by atoms with E-state index in [0.29, 0.717) is 24.5 Å². The van der Waals surface area contributed by atoms with Crippen LogP contribution in [-0.4, -0.2) is 21.2 Å². The van der Waals surface area contributed by atoms with Crippen LogP contribution in [0.3, 0.4) is 0 Å². The molecule has 2 saturated carbocycles. The van der Waals surface area contributed by atoms with E-state index in [1.54, 1.807) is 0 Å². The normalized spacial score (nSPS) is 22.3. The third kappa shape index (κ3) is 3.62. The van der Waals surface area contributed by atoms with E-state index in [0.717, 1.165) is 35.6 Å². The predicted octanol–water partition coefficient (Wildman–Crippen LogP) is 3.86. The van der Waals surface area contributed by atoms with Crippen molar-refractivity contribution in [3.8, 4) is 0 Å². The highest BCUT2D eigenvalue weighted by Crippen LogP contribution is 2.32. The standard InChI is InChI=1S/C15H22N2O2S/c18-12-8-6-11(7-9-12)15-16-14(17-19-15)10-20-13-4-2-1-3-5-13/h11,13H,1-10H2. The van der Waals surface area contributed by atoms with Gasteiger partial charge >= 0.3 is 0 Å². The summed E-state index contributed by atoms with van der Waals surface area (Å²) in [6, 6.07) is 0. The Labute approximate surface area is 124 Å².